The molecule has 0 aliphatic carbocycles. The van der Waals surface area contributed by atoms with Crippen LogP contribution in [0.5, 0.6) is 23.0 Å². The molecule has 4 rings (SSSR count). The number of hydrogen-bond acceptors (Lipinski definition) is 7. The molecule has 1 fully saturated rings. The molecule has 0 saturated carbocycles. The highest BCUT2D eigenvalue weighted by Gasteiger charge is 2.25. The van der Waals surface area contributed by atoms with Crippen molar-refractivity contribution in [1.29, 1.82) is 0 Å². The van der Waals surface area contributed by atoms with Crippen LogP contribution in [-0.4, -0.2) is 94.3 Å². The zero-order valence-electron chi connectivity index (χ0n) is 24.4. The molecule has 1 saturated heterocycles. The molecule has 10 nitrogen and oxygen atoms in total. The number of piperazine rings is 1. The minimum Gasteiger partial charge on any atom is -0.495 e. The molecule has 0 unspecified atom stereocenters. The van der Waals surface area contributed by atoms with Gasteiger partial charge in [-0.3, -0.25) is 9.69 Å². The number of carbonyl (C=O) groups is 2. The number of para-hydroxylation sites is 2. The van der Waals surface area contributed by atoms with E-state index in [1.165, 1.54) is 33.5 Å². The fourth-order valence-electron chi connectivity index (χ4n) is 4.83. The highest BCUT2D eigenvalue weighted by Crippen LogP contribution is 2.38. The second-order valence-corrected chi connectivity index (χ2v) is 9.73. The van der Waals surface area contributed by atoms with Gasteiger partial charge in [0.05, 0.1) is 34.1 Å². The Morgan fingerprint density at radius 3 is 2.05 bits per heavy atom. The lowest BCUT2D eigenvalue weighted by Crippen LogP contribution is -2.51. The zero-order chi connectivity index (χ0) is 30.1. The van der Waals surface area contributed by atoms with Crippen LogP contribution in [0.3, 0.4) is 0 Å². The third-order valence-electron chi connectivity index (χ3n) is 7.18. The van der Waals surface area contributed by atoms with Crippen molar-refractivity contribution < 1.29 is 32.9 Å². The van der Waals surface area contributed by atoms with E-state index < -0.39 is 0 Å². The molecule has 0 spiro atoms. The van der Waals surface area contributed by atoms with E-state index in [-0.39, 0.29) is 24.3 Å². The maximum absolute atomic E-state index is 13.8. The first-order chi connectivity index (χ1) is 20.4. The van der Waals surface area contributed by atoms with Gasteiger partial charge in [0.15, 0.2) is 11.5 Å². The van der Waals surface area contributed by atoms with E-state index in [9.17, 15) is 14.0 Å². The Morgan fingerprint density at radius 2 is 1.45 bits per heavy atom. The molecule has 1 aliphatic rings. The number of nitrogens with zero attached hydrogens (tertiary/aromatic N) is 3. The molecule has 42 heavy (non-hydrogen) atoms. The van der Waals surface area contributed by atoms with Crippen LogP contribution in [0.2, 0.25) is 0 Å². The third-order valence-corrected chi connectivity index (χ3v) is 7.18. The van der Waals surface area contributed by atoms with Crippen LogP contribution in [0.25, 0.3) is 0 Å². The first kappa shape index (κ1) is 30.4. The summed E-state index contributed by atoms with van der Waals surface area (Å²) in [5, 5.41) is 2.92. The molecule has 0 atom stereocenters. The van der Waals surface area contributed by atoms with Crippen molar-refractivity contribution in [3.05, 3.63) is 77.6 Å². The van der Waals surface area contributed by atoms with Gasteiger partial charge in [-0.1, -0.05) is 24.3 Å². The Morgan fingerprint density at radius 1 is 0.833 bits per heavy atom. The van der Waals surface area contributed by atoms with E-state index in [1.54, 1.807) is 53.3 Å². The van der Waals surface area contributed by atoms with E-state index >= 15 is 0 Å². The molecular weight excluding hydrogens is 543 g/mol. The maximum Gasteiger partial charge on any atom is 0.322 e. The smallest absolute Gasteiger partial charge is 0.322 e. The Hall–Kier alpha value is -4.51. The van der Waals surface area contributed by atoms with Crippen molar-refractivity contribution >= 4 is 17.6 Å². The van der Waals surface area contributed by atoms with Crippen LogP contribution in [0.4, 0.5) is 14.9 Å². The topological polar surface area (TPSA) is 92.8 Å². The van der Waals surface area contributed by atoms with Crippen molar-refractivity contribution in [2.75, 3.05) is 73.0 Å². The van der Waals surface area contributed by atoms with E-state index in [2.05, 4.69) is 10.2 Å². The van der Waals surface area contributed by atoms with Crippen molar-refractivity contribution in [3.8, 4) is 23.0 Å². The van der Waals surface area contributed by atoms with E-state index in [4.69, 9.17) is 18.9 Å². The predicted octanol–water partition coefficient (Wildman–Crippen LogP) is 4.35. The summed E-state index contributed by atoms with van der Waals surface area (Å²) in [6, 6.07) is 16.5. The summed E-state index contributed by atoms with van der Waals surface area (Å²) in [5.74, 6) is 1.19. The lowest BCUT2D eigenvalue weighted by Gasteiger charge is -2.36. The second kappa shape index (κ2) is 14.4. The summed E-state index contributed by atoms with van der Waals surface area (Å²) in [5.41, 5.74) is 1.80. The van der Waals surface area contributed by atoms with E-state index in [0.717, 1.165) is 5.56 Å². The Labute approximate surface area is 245 Å². The molecule has 3 aromatic rings. The summed E-state index contributed by atoms with van der Waals surface area (Å²) < 4.78 is 35.2. The predicted molar refractivity (Wildman–Crippen MR) is 157 cm³/mol. The number of urea groups is 1. The number of nitrogens with one attached hydrogen (secondary N) is 1. The van der Waals surface area contributed by atoms with Crippen LogP contribution in [0.15, 0.2) is 60.7 Å². The zero-order valence-corrected chi connectivity index (χ0v) is 24.4. The lowest BCUT2D eigenvalue weighted by atomic mass is 10.1. The van der Waals surface area contributed by atoms with Crippen LogP contribution >= 0.6 is 0 Å². The number of rotatable bonds is 11. The summed E-state index contributed by atoms with van der Waals surface area (Å²) in [6.07, 6.45) is 0. The minimum absolute atomic E-state index is 0.185. The SMILES string of the molecule is COc1ccccc1NC(=O)N1CCN(CCN(Cc2ccc(F)cc2)C(=O)c2cc(OC)c(OC)c(OC)c2)CC1. The van der Waals surface area contributed by atoms with Gasteiger partial charge in [0, 0.05) is 51.4 Å². The minimum atomic E-state index is -0.339. The van der Waals surface area contributed by atoms with Gasteiger partial charge in [-0.05, 0) is 42.0 Å². The molecule has 3 aromatic carbocycles. The van der Waals surface area contributed by atoms with Gasteiger partial charge in [-0.25, -0.2) is 9.18 Å². The van der Waals surface area contributed by atoms with Gasteiger partial charge in [-0.15, -0.1) is 0 Å². The van der Waals surface area contributed by atoms with Gasteiger partial charge in [0.1, 0.15) is 11.6 Å². The van der Waals surface area contributed by atoms with Crippen LogP contribution in [0, 0.1) is 5.82 Å². The van der Waals surface area contributed by atoms with Gasteiger partial charge in [-0.2, -0.15) is 0 Å². The fourth-order valence-corrected chi connectivity index (χ4v) is 4.83. The number of benzene rings is 3. The number of anilines is 1. The Balaban J connectivity index is 1.43. The molecule has 1 heterocycles. The Bertz CT molecular complexity index is 1340. The lowest BCUT2D eigenvalue weighted by molar-refractivity contribution is 0.0703. The number of halogens is 1. The standard InChI is InChI=1S/C31H37FN4O6/c1-39-26-8-6-5-7-25(26)33-31(38)35-16-13-34(14-17-35)15-18-36(21-22-9-11-24(32)12-10-22)30(37)23-19-27(40-2)29(42-4)28(20-23)41-3/h5-12,19-20H,13-18,21H2,1-4H3,(H,33,38). The monoisotopic (exact) mass is 580 g/mol. The number of amides is 3. The number of carbonyl (C=O) groups excluding carboxylic acids is 2. The third kappa shape index (κ3) is 7.41. The van der Waals surface area contributed by atoms with Gasteiger partial charge >= 0.3 is 6.03 Å². The highest BCUT2D eigenvalue weighted by atomic mass is 19.1. The summed E-state index contributed by atoms with van der Waals surface area (Å²) in [4.78, 5) is 32.4. The molecule has 0 bridgehead atoms. The molecule has 0 radical (unpaired) electrons. The molecule has 11 heteroatoms. The number of ether oxygens (including phenoxy) is 4. The molecule has 224 valence electrons. The van der Waals surface area contributed by atoms with Crippen molar-refractivity contribution in [2.24, 2.45) is 0 Å². The molecular formula is C31H37FN4O6. The van der Waals surface area contributed by atoms with Gasteiger partial charge < -0.3 is 34.1 Å². The normalized spacial score (nSPS) is 13.3. The van der Waals surface area contributed by atoms with E-state index in [0.29, 0.717) is 73.5 Å². The molecule has 3 amide bonds. The molecule has 1 aliphatic heterocycles. The van der Waals surface area contributed by atoms with Crippen molar-refractivity contribution in [3.63, 3.8) is 0 Å². The van der Waals surface area contributed by atoms with Crippen LogP contribution in [-0.2, 0) is 6.54 Å². The van der Waals surface area contributed by atoms with Crippen LogP contribution in [0.1, 0.15) is 15.9 Å². The second-order valence-electron chi connectivity index (χ2n) is 9.73. The average Bonchev–Trinajstić information content (AvgIpc) is 3.03. The fraction of sp³-hybridized carbons (Fsp3) is 0.355. The summed E-state index contributed by atoms with van der Waals surface area (Å²) >= 11 is 0. The summed E-state index contributed by atoms with van der Waals surface area (Å²) in [6.45, 7) is 3.69. The first-order valence-corrected chi connectivity index (χ1v) is 13.6. The Kier molecular flexibility index (Phi) is 10.4. The number of hydrogen-bond donors (Lipinski definition) is 1. The average molecular weight is 581 g/mol. The van der Waals surface area contributed by atoms with Crippen molar-refractivity contribution in [1.82, 2.24) is 14.7 Å². The summed E-state index contributed by atoms with van der Waals surface area (Å²) in [7, 11) is 6.07. The van der Waals surface area contributed by atoms with Gasteiger partial charge in [0.2, 0.25) is 5.75 Å². The van der Waals surface area contributed by atoms with E-state index in [1.807, 2.05) is 12.1 Å². The highest BCUT2D eigenvalue weighted by molar-refractivity contribution is 5.95. The first-order valence-electron chi connectivity index (χ1n) is 13.6. The molecule has 0 aromatic heterocycles. The van der Waals surface area contributed by atoms with Crippen molar-refractivity contribution in [2.45, 2.75) is 6.54 Å². The maximum atomic E-state index is 13.8. The number of methoxy groups -OCH3 is 4. The van der Waals surface area contributed by atoms with Crippen LogP contribution < -0.4 is 24.3 Å². The molecule has 1 N–H and O–H groups in total. The quantitative estimate of drug-likeness (QED) is 0.361. The largest absolute Gasteiger partial charge is 0.495 e. The van der Waals surface area contributed by atoms with Gasteiger partial charge in [0.25, 0.3) is 5.91 Å².